The summed E-state index contributed by atoms with van der Waals surface area (Å²) in [5.41, 5.74) is 1.65. The first-order valence-corrected chi connectivity index (χ1v) is 5.34. The molecule has 0 aromatic carbocycles. The average Bonchev–Trinajstić information content (AvgIpc) is 2.56. The van der Waals surface area contributed by atoms with E-state index >= 15 is 0 Å². The lowest BCUT2D eigenvalue weighted by atomic mass is 9.80. The highest BCUT2D eigenvalue weighted by Gasteiger charge is 2.30. The molecule has 0 atom stereocenters. The lowest BCUT2D eigenvalue weighted by Crippen LogP contribution is -2.13. The lowest BCUT2D eigenvalue weighted by molar-refractivity contribution is 0.0687. The Labute approximate surface area is 91.7 Å². The third-order valence-electron chi connectivity index (χ3n) is 3.15. The van der Waals surface area contributed by atoms with Crippen LogP contribution in [0.4, 0.5) is 0 Å². The van der Waals surface area contributed by atoms with Crippen molar-refractivity contribution in [2.45, 2.75) is 25.2 Å². The van der Waals surface area contributed by atoms with Crippen LogP contribution in [0.15, 0.2) is 18.5 Å². The molecule has 0 aliphatic heterocycles. The number of carboxylic acid groups (broad SMARTS) is 1. The van der Waals surface area contributed by atoms with Crippen LogP contribution in [-0.4, -0.2) is 25.7 Å². The van der Waals surface area contributed by atoms with Crippen LogP contribution in [-0.2, 0) is 0 Å². The number of aromatic carboxylic acids is 1. The monoisotopic (exact) mass is 217 g/mol. The van der Waals surface area contributed by atoms with Gasteiger partial charge in [-0.15, -0.1) is 0 Å². The molecule has 0 spiro atoms. The number of hydrogen-bond donors (Lipinski definition) is 1. The van der Waals surface area contributed by atoms with E-state index in [-0.39, 0.29) is 5.69 Å². The van der Waals surface area contributed by atoms with Gasteiger partial charge in [0.15, 0.2) is 11.3 Å². The minimum absolute atomic E-state index is 0.156. The Morgan fingerprint density at radius 3 is 2.94 bits per heavy atom. The van der Waals surface area contributed by atoms with Gasteiger partial charge in [0.25, 0.3) is 0 Å². The van der Waals surface area contributed by atoms with E-state index in [1.54, 1.807) is 23.0 Å². The van der Waals surface area contributed by atoms with Crippen molar-refractivity contribution in [3.05, 3.63) is 29.7 Å². The maximum Gasteiger partial charge on any atom is 0.356 e. The molecule has 0 bridgehead atoms. The fourth-order valence-electron chi connectivity index (χ4n) is 2.14. The highest BCUT2D eigenvalue weighted by molar-refractivity contribution is 5.89. The fraction of sp³-hybridized carbons (Fsp3) is 0.364. The molecule has 1 aliphatic carbocycles. The number of carboxylic acids is 1. The van der Waals surface area contributed by atoms with Gasteiger partial charge in [-0.2, -0.15) is 5.10 Å². The van der Waals surface area contributed by atoms with E-state index < -0.39 is 5.97 Å². The van der Waals surface area contributed by atoms with E-state index in [1.165, 1.54) is 0 Å². The standard InChI is InChI=1S/C11H11N3O2/c15-11(16)9-8(7-3-1-4-7)10-12-5-2-6-14(10)13-9/h2,5-7H,1,3-4H2,(H,15,16). The summed E-state index contributed by atoms with van der Waals surface area (Å²) in [5.74, 6) is -0.647. The molecule has 5 heteroatoms. The third kappa shape index (κ3) is 1.21. The Balaban J connectivity index is 2.26. The van der Waals surface area contributed by atoms with Crippen molar-refractivity contribution in [3.63, 3.8) is 0 Å². The highest BCUT2D eigenvalue weighted by atomic mass is 16.4. The molecule has 2 aromatic heterocycles. The van der Waals surface area contributed by atoms with Gasteiger partial charge in [0.05, 0.1) is 0 Å². The van der Waals surface area contributed by atoms with Crippen LogP contribution in [0.25, 0.3) is 5.65 Å². The Kier molecular flexibility index (Phi) is 1.92. The normalized spacial score (nSPS) is 16.2. The summed E-state index contributed by atoms with van der Waals surface area (Å²) in [6.07, 6.45) is 6.64. The Morgan fingerprint density at radius 2 is 2.31 bits per heavy atom. The van der Waals surface area contributed by atoms with Gasteiger partial charge in [-0.25, -0.2) is 14.3 Å². The molecule has 0 radical (unpaired) electrons. The van der Waals surface area contributed by atoms with Crippen LogP contribution < -0.4 is 0 Å². The minimum Gasteiger partial charge on any atom is -0.476 e. The van der Waals surface area contributed by atoms with Gasteiger partial charge in [-0.05, 0) is 24.8 Å². The zero-order valence-corrected chi connectivity index (χ0v) is 8.63. The van der Waals surface area contributed by atoms with Gasteiger partial charge in [-0.3, -0.25) is 0 Å². The second-order valence-corrected chi connectivity index (χ2v) is 4.08. The molecule has 1 N–H and O–H groups in total. The smallest absolute Gasteiger partial charge is 0.356 e. The molecular weight excluding hydrogens is 206 g/mol. The molecular formula is C11H11N3O2. The van der Waals surface area contributed by atoms with Crippen molar-refractivity contribution in [2.24, 2.45) is 0 Å². The van der Waals surface area contributed by atoms with Gasteiger partial charge in [-0.1, -0.05) is 6.42 Å². The molecule has 3 rings (SSSR count). The molecule has 1 fully saturated rings. The summed E-state index contributed by atoms with van der Waals surface area (Å²) in [7, 11) is 0. The molecule has 0 unspecified atom stereocenters. The van der Waals surface area contributed by atoms with E-state index in [0.717, 1.165) is 24.8 Å². The van der Waals surface area contributed by atoms with Gasteiger partial charge in [0.2, 0.25) is 0 Å². The summed E-state index contributed by atoms with van der Waals surface area (Å²) in [5, 5.41) is 13.2. The summed E-state index contributed by atoms with van der Waals surface area (Å²) in [6, 6.07) is 1.75. The predicted molar refractivity (Wildman–Crippen MR) is 56.5 cm³/mol. The average molecular weight is 217 g/mol. The first-order chi connectivity index (χ1) is 7.77. The number of rotatable bonds is 2. The Hall–Kier alpha value is -1.91. The van der Waals surface area contributed by atoms with Crippen LogP contribution in [0, 0.1) is 0 Å². The topological polar surface area (TPSA) is 67.5 Å². The molecule has 5 nitrogen and oxygen atoms in total. The minimum atomic E-state index is -0.965. The number of fused-ring (bicyclic) bond motifs is 1. The Morgan fingerprint density at radius 1 is 1.50 bits per heavy atom. The summed E-state index contributed by atoms with van der Waals surface area (Å²) < 4.78 is 1.55. The van der Waals surface area contributed by atoms with E-state index in [2.05, 4.69) is 10.1 Å². The number of carbonyl (C=O) groups is 1. The van der Waals surface area contributed by atoms with Crippen molar-refractivity contribution in [1.29, 1.82) is 0 Å². The highest BCUT2D eigenvalue weighted by Crippen LogP contribution is 2.39. The second kappa shape index (κ2) is 3.30. The number of aromatic nitrogens is 3. The van der Waals surface area contributed by atoms with Crippen molar-refractivity contribution in [3.8, 4) is 0 Å². The maximum atomic E-state index is 11.1. The number of nitrogens with zero attached hydrogens (tertiary/aromatic N) is 3. The zero-order chi connectivity index (χ0) is 11.1. The third-order valence-corrected chi connectivity index (χ3v) is 3.15. The quantitative estimate of drug-likeness (QED) is 0.831. The van der Waals surface area contributed by atoms with Crippen molar-refractivity contribution in [2.75, 3.05) is 0 Å². The summed E-state index contributed by atoms with van der Waals surface area (Å²) >= 11 is 0. The van der Waals surface area contributed by atoms with Crippen LogP contribution in [0.1, 0.15) is 41.2 Å². The fourth-order valence-corrected chi connectivity index (χ4v) is 2.14. The van der Waals surface area contributed by atoms with Crippen LogP contribution in [0.2, 0.25) is 0 Å². The van der Waals surface area contributed by atoms with Gasteiger partial charge in [0.1, 0.15) is 0 Å². The maximum absolute atomic E-state index is 11.1. The van der Waals surface area contributed by atoms with E-state index in [9.17, 15) is 4.79 Å². The van der Waals surface area contributed by atoms with Crippen molar-refractivity contribution < 1.29 is 9.90 Å². The van der Waals surface area contributed by atoms with Crippen LogP contribution in [0.5, 0.6) is 0 Å². The first kappa shape index (κ1) is 9.33. The zero-order valence-electron chi connectivity index (χ0n) is 8.63. The van der Waals surface area contributed by atoms with Gasteiger partial charge >= 0.3 is 5.97 Å². The lowest BCUT2D eigenvalue weighted by Gasteiger charge is -2.24. The van der Waals surface area contributed by atoms with Gasteiger partial charge < -0.3 is 5.11 Å². The summed E-state index contributed by atoms with van der Waals surface area (Å²) in [6.45, 7) is 0. The van der Waals surface area contributed by atoms with E-state index in [4.69, 9.17) is 5.11 Å². The van der Waals surface area contributed by atoms with Crippen molar-refractivity contribution in [1.82, 2.24) is 14.6 Å². The molecule has 1 saturated carbocycles. The second-order valence-electron chi connectivity index (χ2n) is 4.08. The molecule has 16 heavy (non-hydrogen) atoms. The SMILES string of the molecule is O=C(O)c1nn2cccnc2c1C1CCC1. The molecule has 0 amide bonds. The van der Waals surface area contributed by atoms with Crippen molar-refractivity contribution >= 4 is 11.6 Å². The molecule has 2 aromatic rings. The molecule has 82 valence electrons. The summed E-state index contributed by atoms with van der Waals surface area (Å²) in [4.78, 5) is 15.4. The molecule has 0 saturated heterocycles. The van der Waals surface area contributed by atoms with E-state index in [1.807, 2.05) is 0 Å². The van der Waals surface area contributed by atoms with Crippen LogP contribution >= 0.6 is 0 Å². The molecule has 2 heterocycles. The largest absolute Gasteiger partial charge is 0.476 e. The van der Waals surface area contributed by atoms with Crippen LogP contribution in [0.3, 0.4) is 0 Å². The Bertz CT molecular complexity index is 557. The van der Waals surface area contributed by atoms with Gasteiger partial charge in [0, 0.05) is 18.0 Å². The van der Waals surface area contributed by atoms with E-state index in [0.29, 0.717) is 11.6 Å². The predicted octanol–water partition coefficient (Wildman–Crippen LogP) is 1.70. The first-order valence-electron chi connectivity index (χ1n) is 5.34. The number of hydrogen-bond acceptors (Lipinski definition) is 3. The molecule has 1 aliphatic rings.